The third kappa shape index (κ3) is 3.96. The Morgan fingerprint density at radius 2 is 2.20 bits per heavy atom. The van der Waals surface area contributed by atoms with Crippen LogP contribution in [0.3, 0.4) is 0 Å². The number of ether oxygens (including phenoxy) is 1. The minimum absolute atomic E-state index is 0.0590. The molecule has 1 fully saturated rings. The molecule has 2 rings (SSSR count). The van der Waals surface area contributed by atoms with Crippen molar-refractivity contribution in [2.75, 3.05) is 25.0 Å². The van der Waals surface area contributed by atoms with Crippen LogP contribution in [0.2, 0.25) is 0 Å². The lowest BCUT2D eigenvalue weighted by Gasteiger charge is -2.22. The average molecular weight is 278 g/mol. The van der Waals surface area contributed by atoms with Gasteiger partial charge in [0.15, 0.2) is 6.61 Å². The Balaban J connectivity index is 2.00. The number of carboxylic acids is 1. The number of nitrogens with one attached hydrogen (secondary N) is 2. The molecule has 1 aromatic carbocycles. The third-order valence-electron chi connectivity index (χ3n) is 3.16. The summed E-state index contributed by atoms with van der Waals surface area (Å²) in [6.07, 6.45) is 1.84. The van der Waals surface area contributed by atoms with Gasteiger partial charge in [-0.25, -0.2) is 4.79 Å². The smallest absolute Gasteiger partial charge is 0.341 e. The number of anilines is 1. The third-order valence-corrected chi connectivity index (χ3v) is 3.16. The van der Waals surface area contributed by atoms with E-state index in [1.165, 1.54) is 0 Å². The number of rotatable bonds is 5. The van der Waals surface area contributed by atoms with Crippen molar-refractivity contribution in [3.63, 3.8) is 0 Å². The quantitative estimate of drug-likeness (QED) is 0.750. The van der Waals surface area contributed by atoms with Gasteiger partial charge in [-0.1, -0.05) is 12.1 Å². The molecule has 0 bridgehead atoms. The number of carboxylic acid groups (broad SMARTS) is 1. The summed E-state index contributed by atoms with van der Waals surface area (Å²) < 4.78 is 5.16. The van der Waals surface area contributed by atoms with E-state index >= 15 is 0 Å². The summed E-state index contributed by atoms with van der Waals surface area (Å²) in [5, 5.41) is 14.6. The molecule has 0 aliphatic carbocycles. The SMILES string of the molecule is O=C(O)COc1ccccc1NC(=O)[C@H]1CCCNC1. The predicted molar refractivity (Wildman–Crippen MR) is 73.8 cm³/mol. The standard InChI is InChI=1S/C14H18N2O4/c17-13(18)9-20-12-6-2-1-5-11(12)16-14(19)10-4-3-7-15-8-10/h1-2,5-6,10,15H,3-4,7-9H2,(H,16,19)(H,17,18)/t10-/m0/s1. The molecule has 0 unspecified atom stereocenters. The molecule has 1 atom stereocenters. The molecule has 1 heterocycles. The van der Waals surface area contributed by atoms with Gasteiger partial charge in [-0.3, -0.25) is 4.79 Å². The van der Waals surface area contributed by atoms with Gasteiger partial charge in [0.1, 0.15) is 5.75 Å². The molecule has 1 aliphatic rings. The topological polar surface area (TPSA) is 87.7 Å². The first-order valence-corrected chi connectivity index (χ1v) is 6.62. The number of para-hydroxylation sites is 2. The molecule has 0 spiro atoms. The largest absolute Gasteiger partial charge is 0.480 e. The van der Waals surface area contributed by atoms with E-state index in [2.05, 4.69) is 10.6 Å². The number of benzene rings is 1. The van der Waals surface area contributed by atoms with Gasteiger partial charge in [-0.15, -0.1) is 0 Å². The highest BCUT2D eigenvalue weighted by molar-refractivity contribution is 5.94. The van der Waals surface area contributed by atoms with Crippen molar-refractivity contribution in [1.82, 2.24) is 5.32 Å². The van der Waals surface area contributed by atoms with Crippen molar-refractivity contribution < 1.29 is 19.4 Å². The van der Waals surface area contributed by atoms with Gasteiger partial charge in [0.25, 0.3) is 0 Å². The summed E-state index contributed by atoms with van der Waals surface area (Å²) in [4.78, 5) is 22.7. The van der Waals surface area contributed by atoms with E-state index in [4.69, 9.17) is 9.84 Å². The Labute approximate surface area is 117 Å². The molecule has 1 aliphatic heterocycles. The van der Waals surface area contributed by atoms with Crippen LogP contribution < -0.4 is 15.4 Å². The number of hydrogen-bond donors (Lipinski definition) is 3. The Bertz CT molecular complexity index is 484. The van der Waals surface area contributed by atoms with E-state index in [0.29, 0.717) is 18.0 Å². The second kappa shape index (κ2) is 6.91. The Morgan fingerprint density at radius 3 is 2.90 bits per heavy atom. The Kier molecular flexibility index (Phi) is 4.95. The number of aliphatic carboxylic acids is 1. The van der Waals surface area contributed by atoms with E-state index in [0.717, 1.165) is 19.4 Å². The van der Waals surface area contributed by atoms with Crippen LogP contribution in [-0.2, 0) is 9.59 Å². The number of carbonyl (C=O) groups is 2. The first kappa shape index (κ1) is 14.3. The van der Waals surface area contributed by atoms with Crippen LogP contribution in [0, 0.1) is 5.92 Å². The zero-order valence-electron chi connectivity index (χ0n) is 11.1. The first-order chi connectivity index (χ1) is 9.66. The van der Waals surface area contributed by atoms with Crippen LogP contribution in [-0.4, -0.2) is 36.7 Å². The summed E-state index contributed by atoms with van der Waals surface area (Å²) in [5.41, 5.74) is 0.504. The molecule has 6 nitrogen and oxygen atoms in total. The monoisotopic (exact) mass is 278 g/mol. The van der Waals surface area contributed by atoms with Crippen LogP contribution in [0.25, 0.3) is 0 Å². The van der Waals surface area contributed by atoms with E-state index in [9.17, 15) is 9.59 Å². The molecule has 1 amide bonds. The zero-order valence-corrected chi connectivity index (χ0v) is 11.1. The lowest BCUT2D eigenvalue weighted by atomic mass is 9.99. The van der Waals surface area contributed by atoms with Gasteiger partial charge in [-0.2, -0.15) is 0 Å². The van der Waals surface area contributed by atoms with Crippen LogP contribution in [0.1, 0.15) is 12.8 Å². The molecule has 1 aromatic rings. The maximum absolute atomic E-state index is 12.1. The van der Waals surface area contributed by atoms with Crippen LogP contribution >= 0.6 is 0 Å². The normalized spacial score (nSPS) is 18.3. The fraction of sp³-hybridized carbons (Fsp3) is 0.429. The maximum Gasteiger partial charge on any atom is 0.341 e. The molecule has 6 heteroatoms. The van der Waals surface area contributed by atoms with Gasteiger partial charge in [0, 0.05) is 6.54 Å². The molecule has 108 valence electrons. The lowest BCUT2D eigenvalue weighted by Crippen LogP contribution is -2.37. The summed E-state index contributed by atoms with van der Waals surface area (Å²) in [5.74, 6) is -0.811. The van der Waals surface area contributed by atoms with Crippen LogP contribution in [0.15, 0.2) is 24.3 Å². The number of hydrogen-bond acceptors (Lipinski definition) is 4. The highest BCUT2D eigenvalue weighted by atomic mass is 16.5. The van der Waals surface area contributed by atoms with Gasteiger partial charge in [0.2, 0.25) is 5.91 Å². The second-order valence-corrected chi connectivity index (χ2v) is 4.71. The van der Waals surface area contributed by atoms with Gasteiger partial charge >= 0.3 is 5.97 Å². The van der Waals surface area contributed by atoms with E-state index in [-0.39, 0.29) is 11.8 Å². The molecule has 3 N–H and O–H groups in total. The van der Waals surface area contributed by atoms with Crippen LogP contribution in [0.5, 0.6) is 5.75 Å². The highest BCUT2D eigenvalue weighted by Crippen LogP contribution is 2.25. The Hall–Kier alpha value is -2.08. The minimum atomic E-state index is -1.05. The number of carbonyl (C=O) groups excluding carboxylic acids is 1. The van der Waals surface area contributed by atoms with E-state index in [1.54, 1.807) is 24.3 Å². The fourth-order valence-electron chi connectivity index (χ4n) is 2.15. The van der Waals surface area contributed by atoms with Crippen molar-refractivity contribution >= 4 is 17.6 Å². The maximum atomic E-state index is 12.1. The van der Waals surface area contributed by atoms with E-state index in [1.807, 2.05) is 0 Å². The molecule has 1 saturated heterocycles. The molecule has 0 aromatic heterocycles. The predicted octanol–water partition coefficient (Wildman–Crippen LogP) is 1.09. The molecular weight excluding hydrogens is 260 g/mol. The van der Waals surface area contributed by atoms with Crippen molar-refractivity contribution in [1.29, 1.82) is 0 Å². The number of piperidine rings is 1. The molecule has 0 saturated carbocycles. The van der Waals surface area contributed by atoms with Gasteiger partial charge in [-0.05, 0) is 31.5 Å². The van der Waals surface area contributed by atoms with Crippen molar-refractivity contribution in [3.8, 4) is 5.75 Å². The van der Waals surface area contributed by atoms with Gasteiger partial charge in [0.05, 0.1) is 11.6 Å². The average Bonchev–Trinajstić information content (AvgIpc) is 2.47. The molecule has 20 heavy (non-hydrogen) atoms. The summed E-state index contributed by atoms with van der Waals surface area (Å²) in [6.45, 7) is 1.18. The summed E-state index contributed by atoms with van der Waals surface area (Å²) in [7, 11) is 0. The Morgan fingerprint density at radius 1 is 1.40 bits per heavy atom. The summed E-state index contributed by atoms with van der Waals surface area (Å²) >= 11 is 0. The van der Waals surface area contributed by atoms with E-state index < -0.39 is 12.6 Å². The molecule has 0 radical (unpaired) electrons. The second-order valence-electron chi connectivity index (χ2n) is 4.71. The molecular formula is C14H18N2O4. The van der Waals surface area contributed by atoms with Crippen LogP contribution in [0.4, 0.5) is 5.69 Å². The highest BCUT2D eigenvalue weighted by Gasteiger charge is 2.21. The van der Waals surface area contributed by atoms with Gasteiger partial charge < -0.3 is 20.5 Å². The summed E-state index contributed by atoms with van der Waals surface area (Å²) in [6, 6.07) is 6.83. The lowest BCUT2D eigenvalue weighted by molar-refractivity contribution is -0.139. The zero-order chi connectivity index (χ0) is 14.4. The number of amides is 1. The fourth-order valence-corrected chi connectivity index (χ4v) is 2.15. The van der Waals surface area contributed by atoms with Crippen molar-refractivity contribution in [3.05, 3.63) is 24.3 Å². The minimum Gasteiger partial charge on any atom is -0.480 e. The first-order valence-electron chi connectivity index (χ1n) is 6.62. The van der Waals surface area contributed by atoms with Crippen molar-refractivity contribution in [2.24, 2.45) is 5.92 Å². The van der Waals surface area contributed by atoms with Crippen molar-refractivity contribution in [2.45, 2.75) is 12.8 Å².